The zero-order valence-electron chi connectivity index (χ0n) is 9.07. The molecule has 0 atom stereocenters. The number of aliphatic hydroxyl groups is 1. The van der Waals surface area contributed by atoms with Gasteiger partial charge in [-0.25, -0.2) is 9.97 Å². The maximum Gasteiger partial charge on any atom is 0.129 e. The van der Waals surface area contributed by atoms with Crippen LogP contribution in [0.1, 0.15) is 17.9 Å². The van der Waals surface area contributed by atoms with E-state index in [2.05, 4.69) is 25.9 Å². The lowest BCUT2D eigenvalue weighted by atomic mass is 10.2. The fraction of sp³-hybridized carbons (Fsp3) is 0.333. The summed E-state index contributed by atoms with van der Waals surface area (Å²) in [5, 5.41) is 9.87. The largest absolute Gasteiger partial charge is 0.396 e. The molecule has 0 fully saturated rings. The van der Waals surface area contributed by atoms with Crippen LogP contribution >= 0.6 is 15.9 Å². The first kappa shape index (κ1) is 11.5. The molecule has 2 rings (SSSR count). The Hall–Kier alpha value is -1.000. The van der Waals surface area contributed by atoms with Gasteiger partial charge < -0.3 is 5.11 Å². The SMILES string of the molecule is Cc1nc(CCCO)nc2cc(Br)ccc12. The third kappa shape index (κ3) is 2.39. The van der Waals surface area contributed by atoms with Gasteiger partial charge in [-0.15, -0.1) is 0 Å². The van der Waals surface area contributed by atoms with Crippen LogP contribution in [0.2, 0.25) is 0 Å². The Labute approximate surface area is 103 Å². The Kier molecular flexibility index (Phi) is 3.51. The van der Waals surface area contributed by atoms with Crippen LogP contribution in [-0.4, -0.2) is 21.7 Å². The first-order valence-electron chi connectivity index (χ1n) is 5.24. The molecule has 0 saturated heterocycles. The van der Waals surface area contributed by atoms with Gasteiger partial charge in [0.1, 0.15) is 5.82 Å². The minimum absolute atomic E-state index is 0.179. The van der Waals surface area contributed by atoms with Gasteiger partial charge in [-0.1, -0.05) is 15.9 Å². The number of hydrogen-bond donors (Lipinski definition) is 1. The quantitative estimate of drug-likeness (QED) is 0.940. The zero-order chi connectivity index (χ0) is 11.5. The number of rotatable bonds is 3. The maximum atomic E-state index is 8.79. The van der Waals surface area contributed by atoms with Gasteiger partial charge in [-0.05, 0) is 31.5 Å². The van der Waals surface area contributed by atoms with Crippen molar-refractivity contribution < 1.29 is 5.11 Å². The average molecular weight is 281 g/mol. The van der Waals surface area contributed by atoms with E-state index in [-0.39, 0.29) is 6.61 Å². The molecule has 0 aliphatic rings. The smallest absolute Gasteiger partial charge is 0.129 e. The van der Waals surface area contributed by atoms with E-state index in [0.717, 1.165) is 33.3 Å². The monoisotopic (exact) mass is 280 g/mol. The molecule has 1 aromatic heterocycles. The molecule has 1 N–H and O–H groups in total. The third-order valence-corrected chi connectivity index (χ3v) is 2.95. The summed E-state index contributed by atoms with van der Waals surface area (Å²) < 4.78 is 1.02. The summed E-state index contributed by atoms with van der Waals surface area (Å²) in [7, 11) is 0. The fourth-order valence-corrected chi connectivity index (χ4v) is 2.02. The number of aryl methyl sites for hydroxylation is 2. The van der Waals surface area contributed by atoms with Crippen molar-refractivity contribution in [3.63, 3.8) is 0 Å². The standard InChI is InChI=1S/C12H13BrN2O/c1-8-10-5-4-9(13)7-11(10)15-12(14-8)3-2-6-16/h4-5,7,16H,2-3,6H2,1H3. The lowest BCUT2D eigenvalue weighted by Gasteiger charge is -2.05. The Balaban J connectivity index is 2.47. The van der Waals surface area contributed by atoms with Crippen molar-refractivity contribution in [2.24, 2.45) is 0 Å². The van der Waals surface area contributed by atoms with Gasteiger partial charge in [0.25, 0.3) is 0 Å². The molecule has 4 heteroatoms. The topological polar surface area (TPSA) is 46.0 Å². The molecule has 3 nitrogen and oxygen atoms in total. The van der Waals surface area contributed by atoms with E-state index in [4.69, 9.17) is 5.11 Å². The predicted molar refractivity (Wildman–Crippen MR) is 67.4 cm³/mol. The molecule has 0 amide bonds. The van der Waals surface area contributed by atoms with E-state index in [1.165, 1.54) is 0 Å². The van der Waals surface area contributed by atoms with E-state index in [0.29, 0.717) is 6.42 Å². The molecule has 1 aromatic carbocycles. The number of hydrogen-bond acceptors (Lipinski definition) is 3. The molecule has 0 aliphatic heterocycles. The molecule has 2 aromatic rings. The maximum absolute atomic E-state index is 8.79. The molecule has 0 unspecified atom stereocenters. The molecule has 0 aliphatic carbocycles. The van der Waals surface area contributed by atoms with Crippen molar-refractivity contribution in [2.75, 3.05) is 6.61 Å². The van der Waals surface area contributed by atoms with E-state index in [1.54, 1.807) is 0 Å². The summed E-state index contributed by atoms with van der Waals surface area (Å²) in [6, 6.07) is 6.00. The second-order valence-electron chi connectivity index (χ2n) is 3.71. The molecule has 0 radical (unpaired) electrons. The van der Waals surface area contributed by atoms with Crippen LogP contribution < -0.4 is 0 Å². The second kappa shape index (κ2) is 4.89. The van der Waals surface area contributed by atoms with Gasteiger partial charge in [-0.3, -0.25) is 0 Å². The predicted octanol–water partition coefficient (Wildman–Crippen LogP) is 2.63. The van der Waals surface area contributed by atoms with Crippen molar-refractivity contribution in [1.82, 2.24) is 9.97 Å². The number of fused-ring (bicyclic) bond motifs is 1. The highest BCUT2D eigenvalue weighted by atomic mass is 79.9. The van der Waals surface area contributed by atoms with Crippen LogP contribution in [0.3, 0.4) is 0 Å². The first-order valence-corrected chi connectivity index (χ1v) is 6.03. The zero-order valence-corrected chi connectivity index (χ0v) is 10.7. The first-order chi connectivity index (χ1) is 7.70. The van der Waals surface area contributed by atoms with Crippen LogP contribution in [-0.2, 0) is 6.42 Å². The van der Waals surface area contributed by atoms with E-state index < -0.39 is 0 Å². The summed E-state index contributed by atoms with van der Waals surface area (Å²) in [5.74, 6) is 0.803. The fourth-order valence-electron chi connectivity index (χ4n) is 1.67. The van der Waals surface area contributed by atoms with Gasteiger partial charge in [0.05, 0.1) is 5.52 Å². The molecule has 0 bridgehead atoms. The highest BCUT2D eigenvalue weighted by molar-refractivity contribution is 9.10. The molecule has 84 valence electrons. The second-order valence-corrected chi connectivity index (χ2v) is 4.63. The van der Waals surface area contributed by atoms with Crippen molar-refractivity contribution in [3.05, 3.63) is 34.2 Å². The minimum Gasteiger partial charge on any atom is -0.396 e. The Bertz CT molecular complexity index is 514. The minimum atomic E-state index is 0.179. The number of benzene rings is 1. The number of aromatic nitrogens is 2. The van der Waals surface area contributed by atoms with E-state index in [9.17, 15) is 0 Å². The Morgan fingerprint density at radius 2 is 2.12 bits per heavy atom. The molecule has 1 heterocycles. The lowest BCUT2D eigenvalue weighted by molar-refractivity contribution is 0.287. The summed E-state index contributed by atoms with van der Waals surface area (Å²) in [6.07, 6.45) is 1.43. The highest BCUT2D eigenvalue weighted by Gasteiger charge is 2.04. The summed E-state index contributed by atoms with van der Waals surface area (Å²) >= 11 is 3.43. The molecule has 0 saturated carbocycles. The van der Waals surface area contributed by atoms with Gasteiger partial charge in [0.2, 0.25) is 0 Å². The van der Waals surface area contributed by atoms with Crippen molar-refractivity contribution in [1.29, 1.82) is 0 Å². The third-order valence-electron chi connectivity index (χ3n) is 2.45. The average Bonchev–Trinajstić information content (AvgIpc) is 2.25. The van der Waals surface area contributed by atoms with Crippen LogP contribution in [0.15, 0.2) is 22.7 Å². The molecule has 16 heavy (non-hydrogen) atoms. The normalized spacial score (nSPS) is 10.9. The van der Waals surface area contributed by atoms with Crippen LogP contribution in [0.5, 0.6) is 0 Å². The number of aliphatic hydroxyl groups excluding tert-OH is 1. The van der Waals surface area contributed by atoms with Gasteiger partial charge in [-0.2, -0.15) is 0 Å². The summed E-state index contributed by atoms with van der Waals surface area (Å²) in [6.45, 7) is 2.17. The Morgan fingerprint density at radius 3 is 2.88 bits per heavy atom. The van der Waals surface area contributed by atoms with Crippen molar-refractivity contribution >= 4 is 26.8 Å². The van der Waals surface area contributed by atoms with Gasteiger partial charge >= 0.3 is 0 Å². The molecular weight excluding hydrogens is 268 g/mol. The van der Waals surface area contributed by atoms with Gasteiger partial charge in [0.15, 0.2) is 0 Å². The van der Waals surface area contributed by atoms with Crippen LogP contribution in [0.4, 0.5) is 0 Å². The number of nitrogens with zero attached hydrogens (tertiary/aromatic N) is 2. The van der Waals surface area contributed by atoms with Crippen molar-refractivity contribution in [3.8, 4) is 0 Å². The van der Waals surface area contributed by atoms with Gasteiger partial charge in [0, 0.05) is 28.6 Å². The summed E-state index contributed by atoms with van der Waals surface area (Å²) in [5.41, 5.74) is 1.94. The van der Waals surface area contributed by atoms with E-state index >= 15 is 0 Å². The molecule has 0 spiro atoms. The molecular formula is C12H13BrN2O. The Morgan fingerprint density at radius 1 is 1.31 bits per heavy atom. The van der Waals surface area contributed by atoms with Crippen molar-refractivity contribution in [2.45, 2.75) is 19.8 Å². The van der Waals surface area contributed by atoms with Crippen LogP contribution in [0, 0.1) is 6.92 Å². The lowest BCUT2D eigenvalue weighted by Crippen LogP contribution is -2.00. The van der Waals surface area contributed by atoms with Crippen LogP contribution in [0.25, 0.3) is 10.9 Å². The summed E-state index contributed by atoms with van der Waals surface area (Å²) in [4.78, 5) is 8.91. The van der Waals surface area contributed by atoms with E-state index in [1.807, 2.05) is 25.1 Å². The number of halogens is 1. The highest BCUT2D eigenvalue weighted by Crippen LogP contribution is 2.20.